The average Bonchev–Trinajstić information content (AvgIpc) is 2.52. The fourth-order valence-corrected chi connectivity index (χ4v) is 1.41. The number of allylic oxidation sites excluding steroid dienone is 1. The Kier molecular flexibility index (Phi) is 2.22. The number of benzene rings is 1. The van der Waals surface area contributed by atoms with E-state index in [9.17, 15) is 13.2 Å². The van der Waals surface area contributed by atoms with Crippen molar-refractivity contribution in [2.45, 2.75) is 6.54 Å². The third-order valence-corrected chi connectivity index (χ3v) is 2.08. The Morgan fingerprint density at radius 2 is 2.07 bits per heavy atom. The summed E-state index contributed by atoms with van der Waals surface area (Å²) in [6.07, 6.45) is 0.597. The lowest BCUT2D eigenvalue weighted by atomic mass is 10.3. The van der Waals surface area contributed by atoms with Gasteiger partial charge in [-0.15, -0.1) is 6.58 Å². The highest BCUT2D eigenvalue weighted by molar-refractivity contribution is 5.76. The van der Waals surface area contributed by atoms with Crippen LogP contribution in [0.3, 0.4) is 0 Å². The van der Waals surface area contributed by atoms with Gasteiger partial charge in [0.15, 0.2) is 11.6 Å². The SMILES string of the molecule is C=CCn1c(F)nc2c(F)c(F)ccc21. The normalized spacial score (nSPS) is 10.9. The van der Waals surface area contributed by atoms with Gasteiger partial charge in [-0.2, -0.15) is 9.37 Å². The van der Waals surface area contributed by atoms with E-state index in [1.807, 2.05) is 0 Å². The molecule has 0 radical (unpaired) electrons. The van der Waals surface area contributed by atoms with E-state index >= 15 is 0 Å². The van der Waals surface area contributed by atoms with Gasteiger partial charge in [0, 0.05) is 6.54 Å². The molecule has 0 fully saturated rings. The molecule has 0 amide bonds. The first-order valence-corrected chi connectivity index (χ1v) is 4.25. The summed E-state index contributed by atoms with van der Waals surface area (Å²) in [7, 11) is 0. The summed E-state index contributed by atoms with van der Waals surface area (Å²) in [6, 6.07) is 2.23. The molecule has 0 N–H and O–H groups in total. The lowest BCUT2D eigenvalue weighted by Crippen LogP contribution is -1.98. The number of rotatable bonds is 2. The monoisotopic (exact) mass is 212 g/mol. The molecule has 1 aromatic heterocycles. The number of hydrogen-bond donors (Lipinski definition) is 0. The smallest absolute Gasteiger partial charge is 0.290 e. The second kappa shape index (κ2) is 3.42. The topological polar surface area (TPSA) is 17.8 Å². The number of halogens is 3. The van der Waals surface area contributed by atoms with E-state index in [-0.39, 0.29) is 17.6 Å². The zero-order chi connectivity index (χ0) is 11.0. The van der Waals surface area contributed by atoms with E-state index in [1.165, 1.54) is 12.1 Å². The van der Waals surface area contributed by atoms with Crippen molar-refractivity contribution >= 4 is 11.0 Å². The zero-order valence-electron chi connectivity index (χ0n) is 7.67. The summed E-state index contributed by atoms with van der Waals surface area (Å²) in [5.41, 5.74) is -0.0827. The Hall–Kier alpha value is -1.78. The van der Waals surface area contributed by atoms with Gasteiger partial charge in [-0.05, 0) is 12.1 Å². The van der Waals surface area contributed by atoms with Crippen LogP contribution < -0.4 is 0 Å². The Morgan fingerprint density at radius 1 is 1.33 bits per heavy atom. The molecule has 0 aliphatic rings. The Labute approximate surface area is 83.7 Å². The molecule has 2 aromatic rings. The van der Waals surface area contributed by atoms with Crippen LogP contribution in [0.15, 0.2) is 24.8 Å². The van der Waals surface area contributed by atoms with Crippen LogP contribution in [0.2, 0.25) is 0 Å². The molecular formula is C10H7F3N2. The van der Waals surface area contributed by atoms with Gasteiger partial charge in [0.1, 0.15) is 5.52 Å². The van der Waals surface area contributed by atoms with Crippen molar-refractivity contribution in [3.05, 3.63) is 42.5 Å². The minimum atomic E-state index is -1.13. The predicted molar refractivity (Wildman–Crippen MR) is 49.8 cm³/mol. The molecule has 78 valence electrons. The molecule has 0 unspecified atom stereocenters. The first-order valence-electron chi connectivity index (χ1n) is 4.25. The molecule has 0 bridgehead atoms. The minimum absolute atomic E-state index is 0.160. The summed E-state index contributed by atoms with van der Waals surface area (Å²) in [6.45, 7) is 3.60. The number of imidazole rings is 1. The Bertz CT molecular complexity index is 531. The van der Waals surface area contributed by atoms with E-state index < -0.39 is 17.7 Å². The first kappa shape index (κ1) is 9.76. The van der Waals surface area contributed by atoms with Crippen molar-refractivity contribution in [3.63, 3.8) is 0 Å². The second-order valence-corrected chi connectivity index (χ2v) is 3.01. The van der Waals surface area contributed by atoms with Gasteiger partial charge in [-0.3, -0.25) is 4.57 Å². The highest BCUT2D eigenvalue weighted by Crippen LogP contribution is 2.20. The minimum Gasteiger partial charge on any atom is -0.296 e. The van der Waals surface area contributed by atoms with E-state index in [0.29, 0.717) is 0 Å². The van der Waals surface area contributed by atoms with E-state index in [0.717, 1.165) is 10.6 Å². The molecule has 1 heterocycles. The van der Waals surface area contributed by atoms with Crippen LogP contribution in [0.1, 0.15) is 0 Å². The molecule has 0 spiro atoms. The standard InChI is InChI=1S/C10H7F3N2/c1-2-5-15-7-4-3-6(11)8(12)9(7)14-10(15)13/h2-4H,1,5H2. The first-order chi connectivity index (χ1) is 7.15. The molecule has 5 heteroatoms. The van der Waals surface area contributed by atoms with Crippen LogP contribution in [0.25, 0.3) is 11.0 Å². The van der Waals surface area contributed by atoms with Gasteiger partial charge in [0.25, 0.3) is 6.08 Å². The van der Waals surface area contributed by atoms with Crippen molar-refractivity contribution in [2.24, 2.45) is 0 Å². The zero-order valence-corrected chi connectivity index (χ0v) is 7.67. The van der Waals surface area contributed by atoms with Crippen molar-refractivity contribution in [1.29, 1.82) is 0 Å². The van der Waals surface area contributed by atoms with Gasteiger partial charge in [-0.1, -0.05) is 6.08 Å². The third-order valence-electron chi connectivity index (χ3n) is 2.08. The molecule has 0 aliphatic carbocycles. The maximum atomic E-state index is 13.2. The quantitative estimate of drug-likeness (QED) is 0.700. The number of hydrogen-bond acceptors (Lipinski definition) is 1. The van der Waals surface area contributed by atoms with Gasteiger partial charge in [-0.25, -0.2) is 8.78 Å². The van der Waals surface area contributed by atoms with Crippen LogP contribution in [0, 0.1) is 17.7 Å². The summed E-state index contributed by atoms with van der Waals surface area (Å²) >= 11 is 0. The van der Waals surface area contributed by atoms with Crippen LogP contribution in [0.4, 0.5) is 13.2 Å². The molecule has 1 aromatic carbocycles. The molecule has 0 atom stereocenters. The van der Waals surface area contributed by atoms with Crippen LogP contribution >= 0.6 is 0 Å². The maximum Gasteiger partial charge on any atom is 0.290 e. The van der Waals surface area contributed by atoms with Gasteiger partial charge in [0.05, 0.1) is 5.52 Å². The molecule has 0 saturated heterocycles. The fourth-order valence-electron chi connectivity index (χ4n) is 1.41. The summed E-state index contributed by atoms with van der Waals surface area (Å²) in [5.74, 6) is -2.17. The van der Waals surface area contributed by atoms with Crippen LogP contribution in [-0.4, -0.2) is 9.55 Å². The number of nitrogens with zero attached hydrogens (tertiary/aromatic N) is 2. The Balaban J connectivity index is 2.78. The molecule has 0 aliphatic heterocycles. The Morgan fingerprint density at radius 3 is 2.73 bits per heavy atom. The lowest BCUT2D eigenvalue weighted by Gasteiger charge is -1.99. The summed E-state index contributed by atoms with van der Waals surface area (Å²) in [5, 5.41) is 0. The van der Waals surface area contributed by atoms with E-state index in [1.54, 1.807) is 0 Å². The number of fused-ring (bicyclic) bond motifs is 1. The third kappa shape index (κ3) is 1.40. The fraction of sp³-hybridized carbons (Fsp3) is 0.100. The highest BCUT2D eigenvalue weighted by atomic mass is 19.2. The van der Waals surface area contributed by atoms with E-state index in [4.69, 9.17) is 0 Å². The van der Waals surface area contributed by atoms with Crippen molar-refractivity contribution in [1.82, 2.24) is 9.55 Å². The van der Waals surface area contributed by atoms with Gasteiger partial charge in [0.2, 0.25) is 0 Å². The molecular weight excluding hydrogens is 205 g/mol. The van der Waals surface area contributed by atoms with Gasteiger partial charge < -0.3 is 0 Å². The van der Waals surface area contributed by atoms with Crippen molar-refractivity contribution in [3.8, 4) is 0 Å². The highest BCUT2D eigenvalue weighted by Gasteiger charge is 2.15. The average molecular weight is 212 g/mol. The summed E-state index contributed by atoms with van der Waals surface area (Å²) in [4.78, 5) is 3.33. The van der Waals surface area contributed by atoms with E-state index in [2.05, 4.69) is 11.6 Å². The lowest BCUT2D eigenvalue weighted by molar-refractivity contribution is 0.492. The maximum absolute atomic E-state index is 13.2. The second-order valence-electron chi connectivity index (χ2n) is 3.01. The van der Waals surface area contributed by atoms with Gasteiger partial charge >= 0.3 is 0 Å². The van der Waals surface area contributed by atoms with Crippen molar-refractivity contribution < 1.29 is 13.2 Å². The predicted octanol–water partition coefficient (Wildman–Crippen LogP) is 2.64. The summed E-state index contributed by atoms with van der Waals surface area (Å²) < 4.78 is 40.3. The largest absolute Gasteiger partial charge is 0.296 e. The van der Waals surface area contributed by atoms with Crippen LogP contribution in [0.5, 0.6) is 0 Å². The van der Waals surface area contributed by atoms with Crippen molar-refractivity contribution in [2.75, 3.05) is 0 Å². The molecule has 2 nitrogen and oxygen atoms in total. The van der Waals surface area contributed by atoms with Crippen LogP contribution in [-0.2, 0) is 6.54 Å². The molecule has 2 rings (SSSR count). The molecule has 0 saturated carbocycles. The molecule has 15 heavy (non-hydrogen) atoms. The number of aromatic nitrogens is 2.